The monoisotopic (exact) mass is 400 g/mol. The summed E-state index contributed by atoms with van der Waals surface area (Å²) >= 11 is 0. The first-order valence-corrected chi connectivity index (χ1v) is 10.3. The Morgan fingerprint density at radius 3 is 2.62 bits per heavy atom. The van der Waals surface area contributed by atoms with Gasteiger partial charge in [0.25, 0.3) is 5.91 Å². The molecule has 2 aliphatic carbocycles. The fraction of sp³-hybridized carbons (Fsp3) is 0.619. The molecule has 0 unspecified atom stereocenters. The SMILES string of the molecule is COc1ccc(OC2CC(N3C(=O)N[C@@]4(CCOC4)C3=O)C2)c2c1OCC21CC1. The largest absolute Gasteiger partial charge is 0.493 e. The van der Waals surface area contributed by atoms with Crippen LogP contribution in [0, 0.1) is 0 Å². The van der Waals surface area contributed by atoms with E-state index < -0.39 is 5.54 Å². The lowest BCUT2D eigenvalue weighted by Crippen LogP contribution is -2.53. The number of fused-ring (bicyclic) bond motifs is 2. The number of carbonyl (C=O) groups excluding carboxylic acids is 2. The van der Waals surface area contributed by atoms with Crippen LogP contribution in [0.5, 0.6) is 17.2 Å². The summed E-state index contributed by atoms with van der Waals surface area (Å²) in [7, 11) is 1.65. The van der Waals surface area contributed by atoms with Crippen molar-refractivity contribution >= 4 is 11.9 Å². The highest BCUT2D eigenvalue weighted by molar-refractivity contribution is 6.07. The number of nitrogens with zero attached hydrogens (tertiary/aromatic N) is 1. The number of imide groups is 1. The van der Waals surface area contributed by atoms with Gasteiger partial charge in [-0.25, -0.2) is 4.79 Å². The van der Waals surface area contributed by atoms with Crippen LogP contribution >= 0.6 is 0 Å². The third-order valence-electron chi connectivity index (χ3n) is 7.12. The third kappa shape index (κ3) is 2.35. The second-order valence-electron chi connectivity index (χ2n) is 8.89. The standard InChI is InChI=1S/C21H24N2O6/c1-26-15-3-2-14(16-17(15)28-10-20(16)4-5-20)29-13-8-12(9-13)23-18(24)21(22-19(23)25)6-7-27-11-21/h2-3,12-13H,4-11H2,1H3,(H,22,25)/t12?,13?,21-/m1/s1. The lowest BCUT2D eigenvalue weighted by molar-refractivity contribution is -0.135. The number of hydrogen-bond donors (Lipinski definition) is 1. The summed E-state index contributed by atoms with van der Waals surface area (Å²) in [4.78, 5) is 26.7. The molecule has 3 amide bonds. The molecule has 5 aliphatic rings. The van der Waals surface area contributed by atoms with E-state index in [1.807, 2.05) is 12.1 Å². The number of amides is 3. The van der Waals surface area contributed by atoms with Crippen LogP contribution in [0.15, 0.2) is 12.1 Å². The van der Waals surface area contributed by atoms with E-state index in [0.29, 0.717) is 32.5 Å². The number of urea groups is 1. The normalized spacial score (nSPS) is 33.5. The molecule has 8 nitrogen and oxygen atoms in total. The Morgan fingerprint density at radius 1 is 1.14 bits per heavy atom. The van der Waals surface area contributed by atoms with Crippen LogP contribution in [0.4, 0.5) is 4.79 Å². The number of carbonyl (C=O) groups is 2. The molecule has 3 aliphatic heterocycles. The van der Waals surface area contributed by atoms with E-state index in [9.17, 15) is 9.59 Å². The number of nitrogens with one attached hydrogen (secondary N) is 1. The van der Waals surface area contributed by atoms with Gasteiger partial charge in [0.05, 0.1) is 20.3 Å². The highest BCUT2D eigenvalue weighted by Gasteiger charge is 2.58. The molecular weight excluding hydrogens is 376 g/mol. The molecule has 1 aromatic carbocycles. The van der Waals surface area contributed by atoms with E-state index in [1.54, 1.807) is 7.11 Å². The molecule has 154 valence electrons. The van der Waals surface area contributed by atoms with Crippen LogP contribution in [-0.2, 0) is 14.9 Å². The predicted molar refractivity (Wildman–Crippen MR) is 100 cm³/mol. The minimum Gasteiger partial charge on any atom is -0.493 e. The molecule has 3 heterocycles. The maximum atomic E-state index is 12.8. The second kappa shape index (κ2) is 5.78. The molecule has 2 spiro atoms. The minimum atomic E-state index is -0.852. The van der Waals surface area contributed by atoms with Crippen molar-refractivity contribution in [2.75, 3.05) is 26.9 Å². The van der Waals surface area contributed by atoms with E-state index in [4.69, 9.17) is 18.9 Å². The molecule has 0 aromatic heterocycles. The van der Waals surface area contributed by atoms with E-state index in [1.165, 1.54) is 4.90 Å². The predicted octanol–water partition coefficient (Wildman–Crippen LogP) is 1.74. The van der Waals surface area contributed by atoms with Gasteiger partial charge in [-0.2, -0.15) is 0 Å². The molecule has 4 fully saturated rings. The summed E-state index contributed by atoms with van der Waals surface area (Å²) in [5.74, 6) is 2.23. The Morgan fingerprint density at radius 2 is 1.93 bits per heavy atom. The first-order valence-electron chi connectivity index (χ1n) is 10.3. The van der Waals surface area contributed by atoms with E-state index >= 15 is 0 Å². The van der Waals surface area contributed by atoms with Crippen molar-refractivity contribution < 1.29 is 28.5 Å². The number of rotatable bonds is 4. The van der Waals surface area contributed by atoms with Gasteiger partial charge in [-0.15, -0.1) is 0 Å². The first-order chi connectivity index (χ1) is 14.1. The van der Waals surface area contributed by atoms with Crippen LogP contribution in [-0.4, -0.2) is 61.5 Å². The maximum absolute atomic E-state index is 12.8. The molecule has 1 atom stereocenters. The van der Waals surface area contributed by atoms with Gasteiger partial charge in [0.1, 0.15) is 17.4 Å². The number of hydrogen-bond acceptors (Lipinski definition) is 6. The van der Waals surface area contributed by atoms with Crippen molar-refractivity contribution in [1.82, 2.24) is 10.2 Å². The van der Waals surface area contributed by atoms with E-state index in [2.05, 4.69) is 5.32 Å². The van der Waals surface area contributed by atoms with Crippen LogP contribution in [0.1, 0.15) is 37.7 Å². The van der Waals surface area contributed by atoms with Gasteiger partial charge in [0.15, 0.2) is 11.5 Å². The van der Waals surface area contributed by atoms with Crippen molar-refractivity contribution in [2.45, 2.75) is 55.2 Å². The molecule has 29 heavy (non-hydrogen) atoms. The molecule has 1 aromatic rings. The molecule has 0 bridgehead atoms. The Bertz CT molecular complexity index is 899. The topological polar surface area (TPSA) is 86.3 Å². The van der Waals surface area contributed by atoms with Gasteiger partial charge in [-0.05, 0) is 25.0 Å². The van der Waals surface area contributed by atoms with Crippen molar-refractivity contribution in [3.8, 4) is 17.2 Å². The minimum absolute atomic E-state index is 0.0223. The van der Waals surface area contributed by atoms with Gasteiger partial charge in [-0.3, -0.25) is 9.69 Å². The Hall–Kier alpha value is -2.48. The van der Waals surface area contributed by atoms with Gasteiger partial charge < -0.3 is 24.3 Å². The molecule has 8 heteroatoms. The van der Waals surface area contributed by atoms with Gasteiger partial charge in [-0.1, -0.05) is 0 Å². The zero-order valence-corrected chi connectivity index (χ0v) is 16.4. The average Bonchev–Trinajstić information content (AvgIpc) is 3.02. The molecule has 0 radical (unpaired) electrons. The van der Waals surface area contributed by atoms with Crippen LogP contribution in [0.2, 0.25) is 0 Å². The number of methoxy groups -OCH3 is 1. The fourth-order valence-corrected chi connectivity index (χ4v) is 5.11. The summed E-state index contributed by atoms with van der Waals surface area (Å²) in [6.07, 6.45) is 4.01. The molecule has 6 rings (SSSR count). The smallest absolute Gasteiger partial charge is 0.325 e. The van der Waals surface area contributed by atoms with Gasteiger partial charge >= 0.3 is 6.03 Å². The Labute approximate surface area is 168 Å². The quantitative estimate of drug-likeness (QED) is 0.775. The van der Waals surface area contributed by atoms with Crippen molar-refractivity contribution in [2.24, 2.45) is 0 Å². The zero-order valence-electron chi connectivity index (χ0n) is 16.4. The summed E-state index contributed by atoms with van der Waals surface area (Å²) in [6, 6.07) is 3.41. The fourth-order valence-electron chi connectivity index (χ4n) is 5.11. The van der Waals surface area contributed by atoms with Crippen LogP contribution < -0.4 is 19.5 Å². The number of ether oxygens (including phenoxy) is 4. The Kier molecular flexibility index (Phi) is 3.47. The lowest BCUT2D eigenvalue weighted by Gasteiger charge is -2.40. The van der Waals surface area contributed by atoms with Crippen molar-refractivity contribution in [1.29, 1.82) is 0 Å². The van der Waals surface area contributed by atoms with Gasteiger partial charge in [0, 0.05) is 42.9 Å². The highest BCUT2D eigenvalue weighted by atomic mass is 16.5. The van der Waals surface area contributed by atoms with Crippen LogP contribution in [0.3, 0.4) is 0 Å². The second-order valence-corrected chi connectivity index (χ2v) is 8.89. The lowest BCUT2D eigenvalue weighted by atomic mass is 9.86. The molecule has 2 saturated carbocycles. The van der Waals surface area contributed by atoms with Crippen molar-refractivity contribution in [3.05, 3.63) is 17.7 Å². The summed E-state index contributed by atoms with van der Waals surface area (Å²) < 4.78 is 23.1. The zero-order chi connectivity index (χ0) is 19.8. The maximum Gasteiger partial charge on any atom is 0.325 e. The number of benzene rings is 1. The summed E-state index contributed by atoms with van der Waals surface area (Å²) in [5.41, 5.74) is 0.342. The first kappa shape index (κ1) is 17.4. The molecule has 2 saturated heterocycles. The van der Waals surface area contributed by atoms with E-state index in [-0.39, 0.29) is 36.1 Å². The Balaban J connectivity index is 1.17. The summed E-state index contributed by atoms with van der Waals surface area (Å²) in [6.45, 7) is 1.45. The summed E-state index contributed by atoms with van der Waals surface area (Å²) in [5, 5.41) is 2.85. The average molecular weight is 400 g/mol. The third-order valence-corrected chi connectivity index (χ3v) is 7.12. The van der Waals surface area contributed by atoms with Crippen molar-refractivity contribution in [3.63, 3.8) is 0 Å². The highest BCUT2D eigenvalue weighted by Crippen LogP contribution is 2.61. The molecular formula is C21H24N2O6. The van der Waals surface area contributed by atoms with E-state index in [0.717, 1.165) is 35.7 Å². The molecule has 1 N–H and O–H groups in total. The van der Waals surface area contributed by atoms with Gasteiger partial charge in [0.2, 0.25) is 0 Å². The van der Waals surface area contributed by atoms with Crippen LogP contribution in [0.25, 0.3) is 0 Å².